The highest BCUT2D eigenvalue weighted by Gasteiger charge is 2.09. The van der Waals surface area contributed by atoms with E-state index >= 15 is 0 Å². The molecular weight excluding hydrogens is 260 g/mol. The minimum Gasteiger partial charge on any atom is -0.508 e. The van der Waals surface area contributed by atoms with Crippen molar-refractivity contribution < 1.29 is 5.11 Å². The normalized spacial score (nSPS) is 12.4. The third-order valence-electron chi connectivity index (χ3n) is 3.79. The molecule has 21 heavy (non-hydrogen) atoms. The summed E-state index contributed by atoms with van der Waals surface area (Å²) in [5, 5.41) is 15.8. The van der Waals surface area contributed by atoms with Crippen LogP contribution in [-0.2, 0) is 6.54 Å². The first-order chi connectivity index (χ1) is 10.3. The summed E-state index contributed by atoms with van der Waals surface area (Å²) in [6.45, 7) is 2.71. The monoisotopic (exact) mass is 278 g/mol. The molecule has 1 atom stereocenters. The molecular formula is C18H18N2O. The number of pyridine rings is 1. The van der Waals surface area contributed by atoms with Crippen LogP contribution in [0.3, 0.4) is 0 Å². The van der Waals surface area contributed by atoms with Crippen molar-refractivity contribution in [2.45, 2.75) is 19.5 Å². The van der Waals surface area contributed by atoms with E-state index in [0.29, 0.717) is 12.3 Å². The molecule has 0 aliphatic heterocycles. The van der Waals surface area contributed by atoms with Gasteiger partial charge in [-0.15, -0.1) is 0 Å². The van der Waals surface area contributed by atoms with Crippen LogP contribution in [0.25, 0.3) is 10.8 Å². The van der Waals surface area contributed by atoms with Gasteiger partial charge in [0.05, 0.1) is 0 Å². The summed E-state index contributed by atoms with van der Waals surface area (Å²) in [5.74, 6) is 0.333. The lowest BCUT2D eigenvalue weighted by molar-refractivity contribution is 0.462. The molecule has 0 spiro atoms. The molecule has 3 aromatic rings. The lowest BCUT2D eigenvalue weighted by Gasteiger charge is -2.16. The summed E-state index contributed by atoms with van der Waals surface area (Å²) < 4.78 is 0. The van der Waals surface area contributed by atoms with Gasteiger partial charge in [-0.2, -0.15) is 0 Å². The van der Waals surface area contributed by atoms with Crippen molar-refractivity contribution in [3.8, 4) is 5.75 Å². The van der Waals surface area contributed by atoms with Gasteiger partial charge in [0.15, 0.2) is 0 Å². The first kappa shape index (κ1) is 13.6. The zero-order valence-electron chi connectivity index (χ0n) is 12.0. The van der Waals surface area contributed by atoms with E-state index in [0.717, 1.165) is 21.9 Å². The molecule has 0 bridgehead atoms. The minimum absolute atomic E-state index is 0.178. The Balaban J connectivity index is 1.84. The van der Waals surface area contributed by atoms with E-state index in [1.807, 2.05) is 42.6 Å². The Morgan fingerprint density at radius 1 is 1.10 bits per heavy atom. The van der Waals surface area contributed by atoms with Crippen LogP contribution < -0.4 is 5.32 Å². The fourth-order valence-electron chi connectivity index (χ4n) is 2.52. The topological polar surface area (TPSA) is 45.1 Å². The molecule has 0 amide bonds. The Morgan fingerprint density at radius 3 is 2.76 bits per heavy atom. The second-order valence-electron chi connectivity index (χ2n) is 5.17. The Bertz CT molecular complexity index is 741. The molecule has 3 rings (SSSR count). The molecule has 0 radical (unpaired) electrons. The molecule has 3 nitrogen and oxygen atoms in total. The highest BCUT2D eigenvalue weighted by atomic mass is 16.3. The second-order valence-corrected chi connectivity index (χ2v) is 5.17. The zero-order valence-corrected chi connectivity index (χ0v) is 12.0. The van der Waals surface area contributed by atoms with E-state index in [4.69, 9.17) is 0 Å². The van der Waals surface area contributed by atoms with E-state index in [1.54, 1.807) is 12.3 Å². The van der Waals surface area contributed by atoms with Crippen molar-refractivity contribution in [3.63, 3.8) is 0 Å². The first-order valence-corrected chi connectivity index (χ1v) is 7.08. The van der Waals surface area contributed by atoms with E-state index in [1.165, 1.54) is 0 Å². The average Bonchev–Trinajstić information content (AvgIpc) is 2.54. The summed E-state index contributed by atoms with van der Waals surface area (Å²) in [7, 11) is 0. The van der Waals surface area contributed by atoms with Crippen LogP contribution in [0.5, 0.6) is 5.75 Å². The van der Waals surface area contributed by atoms with Gasteiger partial charge >= 0.3 is 0 Å². The highest BCUT2D eigenvalue weighted by Crippen LogP contribution is 2.27. The van der Waals surface area contributed by atoms with Gasteiger partial charge in [0.1, 0.15) is 5.75 Å². The van der Waals surface area contributed by atoms with Crippen LogP contribution >= 0.6 is 0 Å². The Labute approximate surface area is 124 Å². The SMILES string of the molecule is C[C@@H](NCc1c(O)ccc2ccccc12)c1cccnc1. The van der Waals surface area contributed by atoms with Gasteiger partial charge < -0.3 is 10.4 Å². The summed E-state index contributed by atoms with van der Waals surface area (Å²) in [4.78, 5) is 4.14. The Hall–Kier alpha value is -2.39. The molecule has 0 aliphatic carbocycles. The second kappa shape index (κ2) is 5.94. The number of nitrogens with zero attached hydrogens (tertiary/aromatic N) is 1. The van der Waals surface area contributed by atoms with E-state index in [-0.39, 0.29) is 6.04 Å². The molecule has 0 unspecified atom stereocenters. The van der Waals surface area contributed by atoms with E-state index < -0.39 is 0 Å². The fraction of sp³-hybridized carbons (Fsp3) is 0.167. The van der Waals surface area contributed by atoms with Crippen molar-refractivity contribution in [2.24, 2.45) is 0 Å². The number of aromatic hydroxyl groups is 1. The lowest BCUT2D eigenvalue weighted by Crippen LogP contribution is -2.18. The maximum absolute atomic E-state index is 10.1. The van der Waals surface area contributed by atoms with Crippen LogP contribution in [0, 0.1) is 0 Å². The molecule has 3 heteroatoms. The molecule has 0 aliphatic rings. The number of hydrogen-bond acceptors (Lipinski definition) is 3. The molecule has 106 valence electrons. The Morgan fingerprint density at radius 2 is 1.95 bits per heavy atom. The number of fused-ring (bicyclic) bond motifs is 1. The minimum atomic E-state index is 0.178. The summed E-state index contributed by atoms with van der Waals surface area (Å²) in [6.07, 6.45) is 3.63. The first-order valence-electron chi connectivity index (χ1n) is 7.08. The zero-order chi connectivity index (χ0) is 14.7. The van der Waals surface area contributed by atoms with E-state index in [2.05, 4.69) is 23.3 Å². The Kier molecular flexibility index (Phi) is 3.84. The third kappa shape index (κ3) is 2.88. The molecule has 1 heterocycles. The quantitative estimate of drug-likeness (QED) is 0.763. The van der Waals surface area contributed by atoms with Gasteiger partial charge in [0.2, 0.25) is 0 Å². The number of phenolic OH excluding ortho intramolecular Hbond substituents is 1. The van der Waals surface area contributed by atoms with Crippen LogP contribution in [0.15, 0.2) is 60.9 Å². The number of aromatic nitrogens is 1. The van der Waals surface area contributed by atoms with Gasteiger partial charge in [-0.1, -0.05) is 36.4 Å². The predicted octanol–water partition coefficient (Wildman–Crippen LogP) is 3.79. The number of rotatable bonds is 4. The summed E-state index contributed by atoms with van der Waals surface area (Å²) in [5.41, 5.74) is 2.07. The van der Waals surface area contributed by atoms with Crippen molar-refractivity contribution in [3.05, 3.63) is 72.1 Å². The molecule has 0 saturated carbocycles. The molecule has 2 N–H and O–H groups in total. The molecule has 2 aromatic carbocycles. The van der Waals surface area contributed by atoms with Crippen molar-refractivity contribution in [1.82, 2.24) is 10.3 Å². The average molecular weight is 278 g/mol. The van der Waals surface area contributed by atoms with Gasteiger partial charge in [-0.3, -0.25) is 4.98 Å². The summed E-state index contributed by atoms with van der Waals surface area (Å²) in [6, 6.07) is 16.0. The van der Waals surface area contributed by atoms with Crippen molar-refractivity contribution in [1.29, 1.82) is 0 Å². The van der Waals surface area contributed by atoms with Crippen LogP contribution in [0.4, 0.5) is 0 Å². The smallest absolute Gasteiger partial charge is 0.120 e. The number of phenols is 1. The molecule has 0 fully saturated rings. The van der Waals surface area contributed by atoms with Crippen LogP contribution in [0.2, 0.25) is 0 Å². The van der Waals surface area contributed by atoms with Crippen molar-refractivity contribution >= 4 is 10.8 Å². The van der Waals surface area contributed by atoms with Crippen LogP contribution in [-0.4, -0.2) is 10.1 Å². The number of benzene rings is 2. The third-order valence-corrected chi connectivity index (χ3v) is 3.79. The summed E-state index contributed by atoms with van der Waals surface area (Å²) >= 11 is 0. The van der Waals surface area contributed by atoms with Crippen molar-refractivity contribution in [2.75, 3.05) is 0 Å². The van der Waals surface area contributed by atoms with Gasteiger partial charge in [-0.05, 0) is 35.4 Å². The number of nitrogens with one attached hydrogen (secondary N) is 1. The highest BCUT2D eigenvalue weighted by molar-refractivity contribution is 5.87. The van der Waals surface area contributed by atoms with Gasteiger partial charge in [0, 0.05) is 30.5 Å². The standard InChI is InChI=1S/C18H18N2O/c1-13(15-6-4-10-19-11-15)20-12-17-16-7-3-2-5-14(16)8-9-18(17)21/h2-11,13,20-21H,12H2,1H3/t13-/m1/s1. The number of hydrogen-bond donors (Lipinski definition) is 2. The maximum Gasteiger partial charge on any atom is 0.120 e. The van der Waals surface area contributed by atoms with Crippen LogP contribution in [0.1, 0.15) is 24.1 Å². The molecule has 1 aromatic heterocycles. The fourth-order valence-corrected chi connectivity index (χ4v) is 2.52. The van der Waals surface area contributed by atoms with E-state index in [9.17, 15) is 5.11 Å². The van der Waals surface area contributed by atoms with Gasteiger partial charge in [-0.25, -0.2) is 0 Å². The predicted molar refractivity (Wildman–Crippen MR) is 85.1 cm³/mol. The maximum atomic E-state index is 10.1. The largest absolute Gasteiger partial charge is 0.508 e. The van der Waals surface area contributed by atoms with Gasteiger partial charge in [0.25, 0.3) is 0 Å². The molecule has 0 saturated heterocycles. The lowest BCUT2D eigenvalue weighted by atomic mass is 10.0.